The van der Waals surface area contributed by atoms with Crippen LogP contribution in [0.3, 0.4) is 0 Å². The van der Waals surface area contributed by atoms with Gasteiger partial charge in [-0.15, -0.1) is 0 Å². The maximum atomic E-state index is 13.2. The van der Waals surface area contributed by atoms with Crippen LogP contribution in [0.15, 0.2) is 65.6 Å². The summed E-state index contributed by atoms with van der Waals surface area (Å²) >= 11 is 9.07. The van der Waals surface area contributed by atoms with Gasteiger partial charge < -0.3 is 9.47 Å². The van der Waals surface area contributed by atoms with Gasteiger partial charge in [0.05, 0.1) is 21.6 Å². The molecule has 1 saturated heterocycles. The maximum Gasteiger partial charge on any atom is 0.293 e. The van der Waals surface area contributed by atoms with Crippen LogP contribution in [-0.4, -0.2) is 22.7 Å². The van der Waals surface area contributed by atoms with E-state index in [1.807, 2.05) is 19.1 Å². The Morgan fingerprint density at radius 3 is 2.54 bits per heavy atom. The molecule has 3 aromatic carbocycles. The molecule has 0 spiro atoms. The van der Waals surface area contributed by atoms with Crippen molar-refractivity contribution in [3.63, 3.8) is 0 Å². The first-order valence-corrected chi connectivity index (χ1v) is 12.9. The number of hydrogen-bond acceptors (Lipinski definition) is 5. The molecular weight excluding hydrogens is 604 g/mol. The second-order valence-corrected chi connectivity index (χ2v) is 10.2. The molecular formula is C26H20ClFINO4S. The van der Waals surface area contributed by atoms with Crippen molar-refractivity contribution < 1.29 is 23.5 Å². The van der Waals surface area contributed by atoms with Gasteiger partial charge >= 0.3 is 0 Å². The smallest absolute Gasteiger partial charge is 0.293 e. The van der Waals surface area contributed by atoms with Crippen LogP contribution in [0.2, 0.25) is 5.02 Å². The Kier molecular flexibility index (Phi) is 8.35. The minimum absolute atomic E-state index is 0.153. The number of nitrogens with zero attached hydrogens (tertiary/aromatic N) is 1. The van der Waals surface area contributed by atoms with Crippen molar-refractivity contribution in [1.29, 1.82) is 0 Å². The number of benzene rings is 3. The molecule has 0 aliphatic carbocycles. The first kappa shape index (κ1) is 25.5. The highest BCUT2D eigenvalue weighted by molar-refractivity contribution is 14.1. The van der Waals surface area contributed by atoms with Crippen LogP contribution in [-0.2, 0) is 17.9 Å². The van der Waals surface area contributed by atoms with Crippen molar-refractivity contribution in [3.8, 4) is 11.5 Å². The van der Waals surface area contributed by atoms with Gasteiger partial charge in [0.1, 0.15) is 12.4 Å². The molecule has 35 heavy (non-hydrogen) atoms. The third kappa shape index (κ3) is 6.36. The Hall–Kier alpha value is -2.56. The second kappa shape index (κ2) is 11.5. The topological polar surface area (TPSA) is 55.8 Å². The molecule has 0 saturated carbocycles. The number of carbonyl (C=O) groups is 2. The van der Waals surface area contributed by atoms with E-state index in [2.05, 4.69) is 22.6 Å². The van der Waals surface area contributed by atoms with Crippen molar-refractivity contribution in [1.82, 2.24) is 4.90 Å². The fraction of sp³-hybridized carbons (Fsp3) is 0.154. The summed E-state index contributed by atoms with van der Waals surface area (Å²) in [7, 11) is 0. The number of carbonyl (C=O) groups excluding carboxylic acids is 2. The number of hydrogen-bond donors (Lipinski definition) is 0. The van der Waals surface area contributed by atoms with Crippen LogP contribution >= 0.6 is 46.0 Å². The van der Waals surface area contributed by atoms with Gasteiger partial charge in [0.15, 0.2) is 11.5 Å². The van der Waals surface area contributed by atoms with Crippen molar-refractivity contribution in [3.05, 3.63) is 96.7 Å². The Labute approximate surface area is 225 Å². The van der Waals surface area contributed by atoms with Gasteiger partial charge in [0.2, 0.25) is 0 Å². The van der Waals surface area contributed by atoms with Crippen LogP contribution in [0.4, 0.5) is 9.18 Å². The fourth-order valence-corrected chi connectivity index (χ4v) is 5.25. The molecule has 4 rings (SSSR count). The number of thioether (sulfide) groups is 1. The summed E-state index contributed by atoms with van der Waals surface area (Å²) in [5.41, 5.74) is 2.30. The van der Waals surface area contributed by atoms with Crippen molar-refractivity contribution in [2.75, 3.05) is 6.61 Å². The highest BCUT2D eigenvalue weighted by Gasteiger charge is 2.35. The van der Waals surface area contributed by atoms with Gasteiger partial charge in [-0.05, 0) is 100 Å². The van der Waals surface area contributed by atoms with Gasteiger partial charge in [0.25, 0.3) is 11.1 Å². The highest BCUT2D eigenvalue weighted by atomic mass is 127. The Morgan fingerprint density at radius 1 is 1.06 bits per heavy atom. The van der Waals surface area contributed by atoms with Crippen LogP contribution in [0, 0.1) is 9.39 Å². The van der Waals surface area contributed by atoms with E-state index < -0.39 is 0 Å². The number of halogens is 3. The lowest BCUT2D eigenvalue weighted by atomic mass is 10.1. The van der Waals surface area contributed by atoms with Gasteiger partial charge in [-0.25, -0.2) is 4.39 Å². The summed E-state index contributed by atoms with van der Waals surface area (Å²) in [4.78, 5) is 27.0. The number of amides is 2. The third-order valence-corrected chi connectivity index (χ3v) is 6.97. The zero-order chi connectivity index (χ0) is 24.9. The molecule has 0 radical (unpaired) electrons. The van der Waals surface area contributed by atoms with E-state index in [4.69, 9.17) is 21.1 Å². The van der Waals surface area contributed by atoms with E-state index in [0.29, 0.717) is 33.6 Å². The predicted molar refractivity (Wildman–Crippen MR) is 144 cm³/mol. The summed E-state index contributed by atoms with van der Waals surface area (Å²) in [6.07, 6.45) is 1.68. The molecule has 0 unspecified atom stereocenters. The van der Waals surface area contributed by atoms with E-state index in [1.54, 1.807) is 42.5 Å². The van der Waals surface area contributed by atoms with E-state index in [9.17, 15) is 14.0 Å². The molecule has 0 atom stereocenters. The first-order valence-electron chi connectivity index (χ1n) is 10.7. The molecule has 1 fully saturated rings. The third-order valence-electron chi connectivity index (χ3n) is 5.03. The SMILES string of the molecule is CCOc1cc(/C=C2\SC(=O)N(Cc3cccc(Cl)c3)C2=O)cc(I)c1OCc1ccc(F)cc1. The highest BCUT2D eigenvalue weighted by Crippen LogP contribution is 2.38. The lowest BCUT2D eigenvalue weighted by Gasteiger charge is -2.15. The van der Waals surface area contributed by atoms with E-state index in [-0.39, 0.29) is 30.1 Å². The molecule has 0 N–H and O–H groups in total. The van der Waals surface area contributed by atoms with E-state index >= 15 is 0 Å². The molecule has 1 heterocycles. The van der Waals surface area contributed by atoms with Gasteiger partial charge in [0, 0.05) is 5.02 Å². The van der Waals surface area contributed by atoms with Crippen LogP contribution in [0.25, 0.3) is 6.08 Å². The standard InChI is InChI=1S/C26H20ClFINO4S/c1-2-33-22-12-18(11-21(29)24(22)34-15-16-6-8-20(28)9-7-16)13-23-25(31)30(26(32)35-23)14-17-4-3-5-19(27)10-17/h3-13H,2,14-15H2,1H3/b23-13-. The van der Waals surface area contributed by atoms with Gasteiger partial charge in [-0.1, -0.05) is 35.9 Å². The van der Waals surface area contributed by atoms with Gasteiger partial charge in [-0.3, -0.25) is 14.5 Å². The summed E-state index contributed by atoms with van der Waals surface area (Å²) in [5, 5.41) is 0.213. The lowest BCUT2D eigenvalue weighted by Crippen LogP contribution is -2.27. The Morgan fingerprint density at radius 2 is 1.83 bits per heavy atom. The van der Waals surface area contributed by atoms with Crippen LogP contribution in [0.1, 0.15) is 23.6 Å². The molecule has 0 bridgehead atoms. The minimum Gasteiger partial charge on any atom is -0.490 e. The summed E-state index contributed by atoms with van der Waals surface area (Å²) in [6, 6.07) is 16.8. The molecule has 1 aliphatic rings. The zero-order valence-corrected chi connectivity index (χ0v) is 22.3. The monoisotopic (exact) mass is 623 g/mol. The van der Waals surface area contributed by atoms with Crippen molar-refractivity contribution >= 4 is 63.2 Å². The molecule has 180 valence electrons. The number of imide groups is 1. The predicted octanol–water partition coefficient (Wildman–Crippen LogP) is 7.30. The molecule has 1 aliphatic heterocycles. The summed E-state index contributed by atoms with van der Waals surface area (Å²) in [6.45, 7) is 2.69. The van der Waals surface area contributed by atoms with E-state index in [0.717, 1.165) is 26.5 Å². The fourth-order valence-electron chi connectivity index (χ4n) is 3.42. The first-order chi connectivity index (χ1) is 16.8. The van der Waals surface area contributed by atoms with Gasteiger partial charge in [-0.2, -0.15) is 0 Å². The van der Waals surface area contributed by atoms with Crippen LogP contribution in [0.5, 0.6) is 11.5 Å². The van der Waals surface area contributed by atoms with Crippen molar-refractivity contribution in [2.45, 2.75) is 20.1 Å². The largest absolute Gasteiger partial charge is 0.490 e. The lowest BCUT2D eigenvalue weighted by molar-refractivity contribution is -0.123. The zero-order valence-electron chi connectivity index (χ0n) is 18.6. The molecule has 2 amide bonds. The minimum atomic E-state index is -0.357. The molecule has 3 aromatic rings. The van der Waals surface area contributed by atoms with E-state index in [1.165, 1.54) is 17.0 Å². The molecule has 5 nitrogen and oxygen atoms in total. The normalized spacial score (nSPS) is 14.6. The number of ether oxygens (including phenoxy) is 2. The second-order valence-electron chi connectivity index (χ2n) is 7.58. The Bertz CT molecular complexity index is 1300. The average molecular weight is 624 g/mol. The quantitative estimate of drug-likeness (QED) is 0.195. The number of rotatable bonds is 8. The summed E-state index contributed by atoms with van der Waals surface area (Å²) in [5.74, 6) is 0.415. The average Bonchev–Trinajstić information content (AvgIpc) is 3.07. The summed E-state index contributed by atoms with van der Waals surface area (Å²) < 4.78 is 25.7. The Balaban J connectivity index is 1.55. The maximum absolute atomic E-state index is 13.2. The molecule has 0 aromatic heterocycles. The molecule has 9 heteroatoms. The van der Waals surface area contributed by atoms with Crippen LogP contribution < -0.4 is 9.47 Å². The van der Waals surface area contributed by atoms with Crippen molar-refractivity contribution in [2.24, 2.45) is 0 Å².